The molecular weight excluding hydrogens is 402 g/mol. The van der Waals surface area contributed by atoms with Gasteiger partial charge in [-0.2, -0.15) is 0 Å². The van der Waals surface area contributed by atoms with E-state index in [0.717, 1.165) is 29.9 Å². The highest BCUT2D eigenvalue weighted by molar-refractivity contribution is 5.70. The van der Waals surface area contributed by atoms with Gasteiger partial charge < -0.3 is 20.1 Å². The number of rotatable bonds is 7. The Labute approximate surface area is 172 Å². The van der Waals surface area contributed by atoms with Gasteiger partial charge in [0.15, 0.2) is 0 Å². The molecule has 0 unspecified atom stereocenters. The molecule has 0 bridgehead atoms. The van der Waals surface area contributed by atoms with E-state index in [1.165, 1.54) is 0 Å². The van der Waals surface area contributed by atoms with E-state index in [2.05, 4.69) is 0 Å². The Morgan fingerprint density at radius 2 is 1.43 bits per heavy atom. The van der Waals surface area contributed by atoms with Crippen LogP contribution in [0.4, 0.5) is 8.78 Å². The van der Waals surface area contributed by atoms with Gasteiger partial charge in [-0.1, -0.05) is 25.1 Å². The van der Waals surface area contributed by atoms with E-state index in [0.29, 0.717) is 12.5 Å². The molecule has 0 atom stereocenters. The third kappa shape index (κ3) is 12.8. The van der Waals surface area contributed by atoms with Crippen molar-refractivity contribution in [1.29, 1.82) is 0 Å². The number of ether oxygens (including phenoxy) is 1. The van der Waals surface area contributed by atoms with Crippen molar-refractivity contribution in [3.8, 4) is 5.75 Å². The minimum absolute atomic E-state index is 0.0103. The molecule has 0 spiro atoms. The third-order valence-electron chi connectivity index (χ3n) is 3.34. The van der Waals surface area contributed by atoms with Gasteiger partial charge in [0.2, 0.25) is 0 Å². The first-order valence-corrected chi connectivity index (χ1v) is 8.81. The largest absolute Gasteiger partial charge is 0.497 e. The summed E-state index contributed by atoms with van der Waals surface area (Å²) in [7, 11) is 1.58. The molecule has 0 aliphatic carbocycles. The smallest absolute Gasteiger partial charge is 0.307 e. The summed E-state index contributed by atoms with van der Waals surface area (Å²) >= 11 is 0. The fraction of sp³-hybridized carbons (Fsp3) is 0.286. The normalized spacial score (nSPS) is 9.33. The number of carboxylic acids is 3. The van der Waals surface area contributed by atoms with Crippen molar-refractivity contribution in [2.24, 2.45) is 0 Å². The molecule has 0 saturated heterocycles. The molecule has 3 N–H and O–H groups in total. The van der Waals surface area contributed by atoms with Crippen LogP contribution in [0.3, 0.4) is 0 Å². The van der Waals surface area contributed by atoms with Gasteiger partial charge in [-0.3, -0.25) is 14.4 Å². The quantitative estimate of drug-likeness (QED) is 0.616. The standard InChI is InChI=1S/C9H10O3.C8H6F2O2.C4H8O2/c1-12-8-4-2-7(3-5-8)6-9(10)11;9-6-2-1-5(3-8(11)12)7(10)4-6;1-2-3-4(5)6/h2-5H,6H2,1H3,(H,10,11);1-2,4H,3H2,(H,11,12);2-3H2,1H3,(H,5,6). The highest BCUT2D eigenvalue weighted by Gasteiger charge is 2.06. The molecule has 0 aliphatic heterocycles. The maximum Gasteiger partial charge on any atom is 0.307 e. The zero-order valence-electron chi connectivity index (χ0n) is 16.6. The minimum Gasteiger partial charge on any atom is -0.497 e. The molecule has 2 rings (SSSR count). The van der Waals surface area contributed by atoms with Crippen LogP contribution in [0.2, 0.25) is 0 Å². The number of benzene rings is 2. The molecule has 0 aromatic heterocycles. The molecule has 7 nitrogen and oxygen atoms in total. The number of aliphatic carboxylic acids is 3. The lowest BCUT2D eigenvalue weighted by Gasteiger charge is -1.99. The summed E-state index contributed by atoms with van der Waals surface area (Å²) in [5.41, 5.74) is 0.771. The first-order chi connectivity index (χ1) is 14.1. The second-order valence-electron chi connectivity index (χ2n) is 5.87. The fourth-order valence-electron chi connectivity index (χ4n) is 1.96. The maximum absolute atomic E-state index is 12.7. The lowest BCUT2D eigenvalue weighted by atomic mass is 10.1. The van der Waals surface area contributed by atoms with E-state index in [4.69, 9.17) is 20.1 Å². The lowest BCUT2D eigenvalue weighted by Crippen LogP contribution is -2.02. The molecule has 0 radical (unpaired) electrons. The van der Waals surface area contributed by atoms with Gasteiger partial charge in [-0.15, -0.1) is 0 Å². The van der Waals surface area contributed by atoms with E-state index in [1.807, 2.05) is 6.92 Å². The highest BCUT2D eigenvalue weighted by atomic mass is 19.1. The Morgan fingerprint density at radius 1 is 0.867 bits per heavy atom. The molecule has 30 heavy (non-hydrogen) atoms. The Kier molecular flexibility index (Phi) is 12.8. The van der Waals surface area contributed by atoms with Gasteiger partial charge >= 0.3 is 17.9 Å². The van der Waals surface area contributed by atoms with Crippen molar-refractivity contribution in [1.82, 2.24) is 0 Å². The van der Waals surface area contributed by atoms with Crippen LogP contribution in [0.15, 0.2) is 42.5 Å². The van der Waals surface area contributed by atoms with E-state index in [-0.39, 0.29) is 12.0 Å². The summed E-state index contributed by atoms with van der Waals surface area (Å²) in [6.45, 7) is 1.84. The number of methoxy groups -OCH3 is 1. The summed E-state index contributed by atoms with van der Waals surface area (Å²) in [5, 5.41) is 24.7. The molecule has 9 heteroatoms. The number of hydrogen-bond acceptors (Lipinski definition) is 4. The van der Waals surface area contributed by atoms with Crippen molar-refractivity contribution in [3.05, 3.63) is 65.2 Å². The first-order valence-electron chi connectivity index (χ1n) is 8.81. The first kappa shape index (κ1) is 26.5. The van der Waals surface area contributed by atoms with Gasteiger partial charge in [-0.25, -0.2) is 8.78 Å². The molecule has 0 saturated carbocycles. The lowest BCUT2D eigenvalue weighted by molar-refractivity contribution is -0.137. The maximum atomic E-state index is 12.7. The number of carbonyl (C=O) groups is 3. The average Bonchev–Trinajstić information content (AvgIpc) is 2.65. The molecule has 0 aliphatic rings. The second kappa shape index (κ2) is 14.5. The van der Waals surface area contributed by atoms with Crippen LogP contribution in [0, 0.1) is 11.6 Å². The molecule has 2 aromatic rings. The van der Waals surface area contributed by atoms with Crippen molar-refractivity contribution < 1.29 is 43.2 Å². The van der Waals surface area contributed by atoms with Crippen LogP contribution in [0.5, 0.6) is 5.75 Å². The zero-order chi connectivity index (χ0) is 23.1. The predicted octanol–water partition coefficient (Wildman–Crippen LogP) is 3.79. The van der Waals surface area contributed by atoms with E-state index in [9.17, 15) is 23.2 Å². The fourth-order valence-corrected chi connectivity index (χ4v) is 1.96. The van der Waals surface area contributed by atoms with E-state index >= 15 is 0 Å². The number of hydrogen-bond donors (Lipinski definition) is 3. The van der Waals surface area contributed by atoms with Gasteiger partial charge in [-0.05, 0) is 35.7 Å². The monoisotopic (exact) mass is 426 g/mol. The SMILES string of the molecule is CCCC(=O)O.COc1ccc(CC(=O)O)cc1.O=C(O)Cc1ccc(F)cc1F. The van der Waals surface area contributed by atoms with Gasteiger partial charge in [0, 0.05) is 12.5 Å². The van der Waals surface area contributed by atoms with Crippen molar-refractivity contribution in [2.45, 2.75) is 32.6 Å². The summed E-state index contributed by atoms with van der Waals surface area (Å²) in [6.07, 6.45) is 0.658. The topological polar surface area (TPSA) is 121 Å². The van der Waals surface area contributed by atoms with Crippen LogP contribution in [0.25, 0.3) is 0 Å². The summed E-state index contributed by atoms with van der Waals surface area (Å²) in [5.74, 6) is -3.46. The molecule has 0 amide bonds. The van der Waals surface area contributed by atoms with Crippen molar-refractivity contribution in [2.75, 3.05) is 7.11 Å². The van der Waals surface area contributed by atoms with E-state index in [1.54, 1.807) is 31.4 Å². The van der Waals surface area contributed by atoms with Gasteiger partial charge in [0.05, 0.1) is 20.0 Å². The second-order valence-corrected chi connectivity index (χ2v) is 5.87. The van der Waals surface area contributed by atoms with Crippen LogP contribution >= 0.6 is 0 Å². The molecule has 2 aromatic carbocycles. The summed E-state index contributed by atoms with van der Waals surface area (Å²) < 4.78 is 29.9. The van der Waals surface area contributed by atoms with E-state index < -0.39 is 36.0 Å². The van der Waals surface area contributed by atoms with Crippen LogP contribution < -0.4 is 4.74 Å². The Morgan fingerprint density at radius 3 is 1.80 bits per heavy atom. The van der Waals surface area contributed by atoms with Crippen LogP contribution in [-0.4, -0.2) is 40.3 Å². The molecule has 164 valence electrons. The Balaban J connectivity index is 0.000000447. The number of carboxylic acid groups (broad SMARTS) is 3. The van der Waals surface area contributed by atoms with Crippen LogP contribution in [-0.2, 0) is 27.2 Å². The number of halogens is 2. The van der Waals surface area contributed by atoms with Gasteiger partial charge in [0.1, 0.15) is 17.4 Å². The highest BCUT2D eigenvalue weighted by Crippen LogP contribution is 2.11. The predicted molar refractivity (Wildman–Crippen MR) is 105 cm³/mol. The Hall–Kier alpha value is -3.49. The molecule has 0 heterocycles. The Bertz CT molecular complexity index is 821. The third-order valence-corrected chi connectivity index (χ3v) is 3.34. The average molecular weight is 426 g/mol. The minimum atomic E-state index is -1.14. The van der Waals surface area contributed by atoms with Gasteiger partial charge in [0.25, 0.3) is 0 Å². The summed E-state index contributed by atoms with van der Waals surface area (Å²) in [4.78, 5) is 30.0. The molecule has 0 fully saturated rings. The molecular formula is C21H24F2O7. The van der Waals surface area contributed by atoms with Crippen molar-refractivity contribution >= 4 is 17.9 Å². The summed E-state index contributed by atoms with van der Waals surface area (Å²) in [6, 6.07) is 9.80. The van der Waals surface area contributed by atoms with Crippen molar-refractivity contribution in [3.63, 3.8) is 0 Å². The van der Waals surface area contributed by atoms with Crippen LogP contribution in [0.1, 0.15) is 30.9 Å². The zero-order valence-corrected chi connectivity index (χ0v) is 16.6.